The summed E-state index contributed by atoms with van der Waals surface area (Å²) < 4.78 is 39.4. The van der Waals surface area contributed by atoms with Crippen LogP contribution in [0.25, 0.3) is 16.3 Å². The maximum atomic E-state index is 11.2. The SMILES string of the molecule is O=S(=O)(O)CCCN1C(=CC=Cc2sc3ccccc3[n+]2CCCSOOO)Sc2ccccc21. The van der Waals surface area contributed by atoms with Gasteiger partial charge in [-0.1, -0.05) is 58.5 Å². The molecule has 0 spiro atoms. The number of thiazole rings is 1. The largest absolute Gasteiger partial charge is 0.335 e. The summed E-state index contributed by atoms with van der Waals surface area (Å²) in [6.07, 6.45) is 7.29. The number of hydrogen-bond acceptors (Lipinski definition) is 9. The Morgan fingerprint density at radius 2 is 1.91 bits per heavy atom. The molecule has 2 aromatic carbocycles. The first-order valence-electron chi connectivity index (χ1n) is 10.9. The third kappa shape index (κ3) is 7.08. The highest BCUT2D eigenvalue weighted by molar-refractivity contribution is 8.03. The average Bonchev–Trinajstić information content (AvgIpc) is 3.36. The summed E-state index contributed by atoms with van der Waals surface area (Å²) in [6, 6.07) is 16.3. The molecular formula is C23H25N2O6S4+. The van der Waals surface area contributed by atoms with Gasteiger partial charge in [-0.05, 0) is 30.7 Å². The van der Waals surface area contributed by atoms with Crippen LogP contribution >= 0.6 is 35.1 Å². The maximum Gasteiger partial charge on any atom is 0.264 e. The van der Waals surface area contributed by atoms with E-state index in [1.54, 1.807) is 23.1 Å². The van der Waals surface area contributed by atoms with Crippen molar-refractivity contribution in [1.82, 2.24) is 0 Å². The van der Waals surface area contributed by atoms with Crippen LogP contribution in [-0.4, -0.2) is 36.3 Å². The molecule has 0 bridgehead atoms. The van der Waals surface area contributed by atoms with E-state index in [0.717, 1.165) is 51.1 Å². The Morgan fingerprint density at radius 3 is 2.74 bits per heavy atom. The first-order valence-corrected chi connectivity index (χ1v) is 15.0. The minimum absolute atomic E-state index is 0.269. The Bertz CT molecular complexity index is 1320. The number of benzene rings is 2. The maximum absolute atomic E-state index is 11.2. The van der Waals surface area contributed by atoms with Gasteiger partial charge in [-0.3, -0.25) is 4.55 Å². The van der Waals surface area contributed by atoms with E-state index in [1.807, 2.05) is 48.6 Å². The Kier molecular flexibility index (Phi) is 9.25. The van der Waals surface area contributed by atoms with Crippen molar-refractivity contribution < 1.29 is 32.2 Å². The average molecular weight is 554 g/mol. The minimum Gasteiger partial charge on any atom is -0.335 e. The highest BCUT2D eigenvalue weighted by Crippen LogP contribution is 2.45. The molecule has 2 heterocycles. The zero-order valence-electron chi connectivity index (χ0n) is 18.6. The topological polar surface area (TPSA) is 100 Å². The highest BCUT2D eigenvalue weighted by Gasteiger charge is 2.24. The molecule has 186 valence electrons. The van der Waals surface area contributed by atoms with Gasteiger partial charge in [0.1, 0.15) is 4.70 Å². The number of allylic oxidation sites excluding steroid dienone is 2. The van der Waals surface area contributed by atoms with Crippen LogP contribution in [0.15, 0.2) is 70.6 Å². The normalized spacial score (nSPS) is 15.0. The van der Waals surface area contributed by atoms with Gasteiger partial charge in [0, 0.05) is 47.8 Å². The standard InChI is InChI=1S/C23H24N2O6S4/c26-30-31-32-16-6-14-24-18-8-1-3-10-20(18)33-22(24)12-5-13-23-25(15-7-17-35(27,28)29)19-9-2-4-11-21(19)34-23/h1-5,8-13H,6-7,14-17H2,(H-,26,27,28,29)/p+1. The molecule has 0 radical (unpaired) electrons. The first-order chi connectivity index (χ1) is 17.0. The lowest BCUT2D eigenvalue weighted by Gasteiger charge is -2.19. The van der Waals surface area contributed by atoms with Crippen LogP contribution in [-0.2, 0) is 26.0 Å². The first kappa shape index (κ1) is 26.2. The Labute approximate surface area is 216 Å². The molecule has 0 unspecified atom stereocenters. The molecule has 0 saturated carbocycles. The van der Waals surface area contributed by atoms with Crippen LogP contribution in [0.4, 0.5) is 5.69 Å². The van der Waals surface area contributed by atoms with E-state index in [1.165, 1.54) is 4.70 Å². The molecule has 8 nitrogen and oxygen atoms in total. The van der Waals surface area contributed by atoms with E-state index in [4.69, 9.17) is 9.81 Å². The van der Waals surface area contributed by atoms with Gasteiger partial charge in [0.15, 0.2) is 6.54 Å². The molecule has 0 fully saturated rings. The van der Waals surface area contributed by atoms with E-state index in [0.29, 0.717) is 18.7 Å². The minimum atomic E-state index is -3.99. The summed E-state index contributed by atoms with van der Waals surface area (Å²) in [5.74, 6) is 0.396. The molecule has 12 heteroatoms. The molecule has 0 atom stereocenters. The number of rotatable bonds is 12. The summed E-state index contributed by atoms with van der Waals surface area (Å²) in [5.41, 5.74) is 2.19. The van der Waals surface area contributed by atoms with Crippen LogP contribution in [0.1, 0.15) is 17.8 Å². The second-order valence-electron chi connectivity index (χ2n) is 7.60. The van der Waals surface area contributed by atoms with Crippen molar-refractivity contribution in [2.24, 2.45) is 0 Å². The van der Waals surface area contributed by atoms with Gasteiger partial charge in [0.2, 0.25) is 5.52 Å². The number of aryl methyl sites for hydroxylation is 1. The summed E-state index contributed by atoms with van der Waals surface area (Å²) in [5, 5.41) is 14.0. The van der Waals surface area contributed by atoms with Crippen LogP contribution in [0.5, 0.6) is 0 Å². The number of anilines is 1. The second kappa shape index (κ2) is 12.4. The van der Waals surface area contributed by atoms with Gasteiger partial charge < -0.3 is 4.90 Å². The van der Waals surface area contributed by atoms with Crippen molar-refractivity contribution in [3.05, 3.63) is 70.7 Å². The fourth-order valence-electron chi connectivity index (χ4n) is 3.77. The van der Waals surface area contributed by atoms with Gasteiger partial charge in [0.25, 0.3) is 15.1 Å². The number of thioether (sulfide) groups is 1. The molecule has 0 aliphatic carbocycles. The molecule has 2 N–H and O–H groups in total. The summed E-state index contributed by atoms with van der Waals surface area (Å²) >= 11 is 4.40. The number of para-hydroxylation sites is 2. The Balaban J connectivity index is 1.53. The fraction of sp³-hybridized carbons (Fsp3) is 0.261. The van der Waals surface area contributed by atoms with Gasteiger partial charge in [-0.2, -0.15) is 13.0 Å². The summed E-state index contributed by atoms with van der Waals surface area (Å²) in [6.45, 7) is 1.27. The van der Waals surface area contributed by atoms with E-state index in [2.05, 4.69) is 37.0 Å². The van der Waals surface area contributed by atoms with E-state index in [9.17, 15) is 8.42 Å². The molecule has 3 aromatic rings. The second-order valence-corrected chi connectivity index (χ2v) is 12.1. The molecule has 0 saturated heterocycles. The van der Waals surface area contributed by atoms with Gasteiger partial charge in [-0.25, -0.2) is 5.26 Å². The molecule has 0 amide bonds. The Morgan fingerprint density at radius 1 is 1.11 bits per heavy atom. The lowest BCUT2D eigenvalue weighted by Crippen LogP contribution is -2.35. The van der Waals surface area contributed by atoms with Crippen molar-refractivity contribution >= 4 is 67.2 Å². The quantitative estimate of drug-likeness (QED) is 0.0763. The van der Waals surface area contributed by atoms with Crippen molar-refractivity contribution in [3.8, 4) is 0 Å². The molecule has 1 aromatic heterocycles. The van der Waals surface area contributed by atoms with E-state index >= 15 is 0 Å². The van der Waals surface area contributed by atoms with Gasteiger partial charge in [-0.15, -0.1) is 4.33 Å². The smallest absolute Gasteiger partial charge is 0.264 e. The molecule has 1 aliphatic heterocycles. The fourth-order valence-corrected chi connectivity index (χ4v) is 6.82. The number of aromatic nitrogens is 1. The van der Waals surface area contributed by atoms with Crippen molar-refractivity contribution in [2.75, 3.05) is 23.0 Å². The van der Waals surface area contributed by atoms with Crippen LogP contribution in [0.3, 0.4) is 0 Å². The highest BCUT2D eigenvalue weighted by atomic mass is 32.2. The van der Waals surface area contributed by atoms with Crippen molar-refractivity contribution in [2.45, 2.75) is 24.3 Å². The van der Waals surface area contributed by atoms with Crippen molar-refractivity contribution in [3.63, 3.8) is 0 Å². The molecule has 35 heavy (non-hydrogen) atoms. The molecule has 4 rings (SSSR count). The van der Waals surface area contributed by atoms with Crippen LogP contribution < -0.4 is 9.47 Å². The monoisotopic (exact) mass is 553 g/mol. The summed E-state index contributed by atoms with van der Waals surface area (Å²) in [7, 11) is -3.99. The predicted octanol–water partition coefficient (Wildman–Crippen LogP) is 5.39. The van der Waals surface area contributed by atoms with E-state index < -0.39 is 10.1 Å². The van der Waals surface area contributed by atoms with Crippen LogP contribution in [0.2, 0.25) is 0 Å². The zero-order chi connectivity index (χ0) is 24.7. The number of fused-ring (bicyclic) bond motifs is 2. The lowest BCUT2D eigenvalue weighted by atomic mass is 10.3. The van der Waals surface area contributed by atoms with Gasteiger partial charge >= 0.3 is 0 Å². The predicted molar refractivity (Wildman–Crippen MR) is 142 cm³/mol. The molecular weight excluding hydrogens is 529 g/mol. The molecule has 1 aliphatic rings. The number of nitrogens with zero attached hydrogens (tertiary/aromatic N) is 2. The lowest BCUT2D eigenvalue weighted by molar-refractivity contribution is -0.668. The Hall–Kier alpha value is -1.90. The van der Waals surface area contributed by atoms with Gasteiger partial charge in [0.05, 0.1) is 16.5 Å². The zero-order valence-corrected chi connectivity index (χ0v) is 21.9. The van der Waals surface area contributed by atoms with Crippen LogP contribution in [0, 0.1) is 0 Å². The third-order valence-corrected chi connectivity index (χ3v) is 8.90. The van der Waals surface area contributed by atoms with E-state index in [-0.39, 0.29) is 5.75 Å². The third-order valence-electron chi connectivity index (χ3n) is 5.22. The van der Waals surface area contributed by atoms with Crippen molar-refractivity contribution in [1.29, 1.82) is 0 Å². The number of hydrogen-bond donors (Lipinski definition) is 2. The summed E-state index contributed by atoms with van der Waals surface area (Å²) in [4.78, 5) is 3.21.